The van der Waals surface area contributed by atoms with Crippen LogP contribution in [0.3, 0.4) is 0 Å². The third-order valence-corrected chi connectivity index (χ3v) is 6.62. The van der Waals surface area contributed by atoms with E-state index in [1.807, 2.05) is 4.90 Å². The molecule has 0 bridgehead atoms. The van der Waals surface area contributed by atoms with Crippen molar-refractivity contribution in [3.8, 4) is 5.75 Å². The van der Waals surface area contributed by atoms with Crippen LogP contribution in [0.15, 0.2) is 40.9 Å². The Morgan fingerprint density at radius 2 is 1.70 bits per heavy atom. The summed E-state index contributed by atoms with van der Waals surface area (Å²) in [5.41, 5.74) is -2.56. The third-order valence-electron chi connectivity index (χ3n) is 6.62. The number of hydrogen-bond acceptors (Lipinski definition) is 7. The van der Waals surface area contributed by atoms with Crippen molar-refractivity contribution in [1.82, 2.24) is 19.9 Å². The van der Waals surface area contributed by atoms with Gasteiger partial charge in [-0.2, -0.15) is 31.3 Å². The zero-order chi connectivity index (χ0) is 29.4. The van der Waals surface area contributed by atoms with Gasteiger partial charge in [0.15, 0.2) is 0 Å². The molecule has 40 heavy (non-hydrogen) atoms. The van der Waals surface area contributed by atoms with E-state index >= 15 is 0 Å². The second kappa shape index (κ2) is 11.0. The van der Waals surface area contributed by atoms with Crippen molar-refractivity contribution >= 4 is 11.9 Å². The van der Waals surface area contributed by atoms with Gasteiger partial charge in [-0.25, -0.2) is 0 Å². The van der Waals surface area contributed by atoms with E-state index in [2.05, 4.69) is 10.1 Å². The molecule has 1 saturated heterocycles. The molecule has 1 unspecified atom stereocenters. The van der Waals surface area contributed by atoms with Gasteiger partial charge in [-0.15, -0.1) is 0 Å². The lowest BCUT2D eigenvalue weighted by Crippen LogP contribution is -2.55. The van der Waals surface area contributed by atoms with Crippen LogP contribution in [0.1, 0.15) is 38.5 Å². The second-order valence-electron chi connectivity index (χ2n) is 9.89. The fourth-order valence-corrected chi connectivity index (χ4v) is 4.49. The summed E-state index contributed by atoms with van der Waals surface area (Å²) < 4.78 is 85.9. The summed E-state index contributed by atoms with van der Waals surface area (Å²) in [4.78, 5) is 22.6. The summed E-state index contributed by atoms with van der Waals surface area (Å²) in [5, 5.41) is 14.0. The van der Waals surface area contributed by atoms with Gasteiger partial charge in [0.05, 0.1) is 17.7 Å². The summed E-state index contributed by atoms with van der Waals surface area (Å²) in [6.45, 7) is 2.42. The number of rotatable bonds is 6. The minimum atomic E-state index is -5.08. The number of hydrogen-bond donors (Lipinski definition) is 1. The smallest absolute Gasteiger partial charge is 0.416 e. The lowest BCUT2D eigenvalue weighted by molar-refractivity contribution is -0.143. The highest BCUT2D eigenvalue weighted by Gasteiger charge is 2.39. The van der Waals surface area contributed by atoms with Crippen molar-refractivity contribution in [1.29, 1.82) is 0 Å². The second-order valence-corrected chi connectivity index (χ2v) is 9.89. The summed E-state index contributed by atoms with van der Waals surface area (Å²) in [7, 11) is 3.48. The maximum Gasteiger partial charge on any atom is 0.416 e. The average molecular weight is 572 g/mol. The number of amides is 1. The first-order valence-electron chi connectivity index (χ1n) is 12.2. The van der Waals surface area contributed by atoms with Crippen LogP contribution >= 0.6 is 0 Å². The Hall–Kier alpha value is -3.81. The Labute approximate surface area is 225 Å². The highest BCUT2D eigenvalue weighted by Crippen LogP contribution is 2.37. The number of piperazine rings is 1. The number of halogens is 6. The molecule has 2 aromatic carbocycles. The van der Waals surface area contributed by atoms with Crippen LogP contribution in [-0.4, -0.2) is 70.7 Å². The SMILES string of the molecule is Cc1ccc(CC2CN(Cc3nc(N(C)C)no3)CCN2C(=O)c2cc(C(F)(F)F)cc(C(F)(F)F)c2)cc1O. The monoisotopic (exact) mass is 571 g/mol. The minimum absolute atomic E-state index is 0.00629. The van der Waals surface area contributed by atoms with Crippen LogP contribution in [0.4, 0.5) is 32.3 Å². The lowest BCUT2D eigenvalue weighted by Gasteiger charge is -2.41. The molecule has 4 rings (SSSR count). The molecule has 8 nitrogen and oxygen atoms in total. The van der Waals surface area contributed by atoms with E-state index in [0.717, 1.165) is 0 Å². The molecule has 1 aliphatic heterocycles. The summed E-state index contributed by atoms with van der Waals surface area (Å²) >= 11 is 0. The van der Waals surface area contributed by atoms with Crippen molar-refractivity contribution < 1.29 is 40.8 Å². The van der Waals surface area contributed by atoms with Crippen LogP contribution in [0, 0.1) is 6.92 Å². The van der Waals surface area contributed by atoms with Crippen molar-refractivity contribution in [2.24, 2.45) is 0 Å². The molecule has 1 aromatic heterocycles. The van der Waals surface area contributed by atoms with E-state index in [1.54, 1.807) is 38.1 Å². The molecule has 1 aliphatic rings. The summed E-state index contributed by atoms with van der Waals surface area (Å²) in [6, 6.07) is 5.17. The number of carbonyl (C=O) groups is 1. The maximum atomic E-state index is 13.5. The number of aromatic hydroxyl groups is 1. The number of carbonyl (C=O) groups excluding carboxylic acids is 1. The summed E-state index contributed by atoms with van der Waals surface area (Å²) in [5.74, 6) is -0.258. The standard InChI is InChI=1S/C26H27F6N5O3/c1-15-4-5-16(9-21(15)38)8-20-13-36(14-22-33-24(34-40-22)35(2)3)6-7-37(20)23(39)17-10-18(25(27,28)29)12-19(11-17)26(30,31)32/h4-5,9-12,20,38H,6-8,13-14H2,1-3H3. The first-order chi connectivity index (χ1) is 18.6. The van der Waals surface area contributed by atoms with Crippen LogP contribution in [0.5, 0.6) is 5.75 Å². The Morgan fingerprint density at radius 1 is 1.05 bits per heavy atom. The molecule has 2 heterocycles. The molecule has 3 aromatic rings. The Bertz CT molecular complexity index is 1340. The fraction of sp³-hybridized carbons (Fsp3) is 0.423. The van der Waals surface area contributed by atoms with E-state index in [9.17, 15) is 36.2 Å². The molecule has 1 N–H and O–H groups in total. The molecule has 1 atom stereocenters. The van der Waals surface area contributed by atoms with Crippen molar-refractivity contribution in [3.05, 3.63) is 70.1 Å². The number of anilines is 1. The molecule has 0 radical (unpaired) electrons. The fourth-order valence-electron chi connectivity index (χ4n) is 4.49. The van der Waals surface area contributed by atoms with E-state index in [0.29, 0.717) is 35.1 Å². The zero-order valence-electron chi connectivity index (χ0n) is 21.8. The largest absolute Gasteiger partial charge is 0.508 e. The molecule has 1 fully saturated rings. The molecule has 1 amide bonds. The molecule has 216 valence electrons. The number of nitrogens with zero attached hydrogens (tertiary/aromatic N) is 5. The van der Waals surface area contributed by atoms with Gasteiger partial charge in [0, 0.05) is 45.3 Å². The Kier molecular flexibility index (Phi) is 8.01. The third kappa shape index (κ3) is 6.66. The molecular weight excluding hydrogens is 544 g/mol. The first kappa shape index (κ1) is 29.2. The van der Waals surface area contributed by atoms with Gasteiger partial charge in [-0.1, -0.05) is 12.1 Å². The molecule has 0 aliphatic carbocycles. The zero-order valence-corrected chi connectivity index (χ0v) is 21.8. The molecular formula is C26H27F6N5O3. The van der Waals surface area contributed by atoms with Gasteiger partial charge in [-0.05, 0) is 53.9 Å². The molecule has 0 saturated carbocycles. The Morgan fingerprint density at radius 3 is 2.25 bits per heavy atom. The van der Waals surface area contributed by atoms with E-state index < -0.39 is 41.0 Å². The highest BCUT2D eigenvalue weighted by molar-refractivity contribution is 5.95. The lowest BCUT2D eigenvalue weighted by atomic mass is 9.98. The van der Waals surface area contributed by atoms with Crippen molar-refractivity contribution in [2.75, 3.05) is 38.6 Å². The number of alkyl halides is 6. The first-order valence-corrected chi connectivity index (χ1v) is 12.2. The van der Waals surface area contributed by atoms with Gasteiger partial charge < -0.3 is 19.4 Å². The normalized spacial score (nSPS) is 16.8. The van der Waals surface area contributed by atoms with Crippen LogP contribution < -0.4 is 4.90 Å². The Balaban J connectivity index is 1.65. The number of aryl methyl sites for hydroxylation is 1. The number of benzene rings is 2. The molecule has 0 spiro atoms. The van der Waals surface area contributed by atoms with Gasteiger partial charge in [0.25, 0.3) is 11.9 Å². The number of phenolic OH excluding ortho intramolecular Hbond substituents is 1. The predicted molar refractivity (Wildman–Crippen MR) is 132 cm³/mol. The predicted octanol–water partition coefficient (Wildman–Crippen LogP) is 4.76. The van der Waals surface area contributed by atoms with Gasteiger partial charge in [-0.3, -0.25) is 9.69 Å². The van der Waals surface area contributed by atoms with E-state index in [-0.39, 0.29) is 44.4 Å². The maximum absolute atomic E-state index is 13.5. The van der Waals surface area contributed by atoms with Crippen molar-refractivity contribution in [2.45, 2.75) is 38.3 Å². The minimum Gasteiger partial charge on any atom is -0.508 e. The highest BCUT2D eigenvalue weighted by atomic mass is 19.4. The number of aromatic nitrogens is 2. The van der Waals surface area contributed by atoms with Crippen molar-refractivity contribution in [3.63, 3.8) is 0 Å². The van der Waals surface area contributed by atoms with Crippen LogP contribution in [-0.2, 0) is 25.3 Å². The quantitative estimate of drug-likeness (QED) is 0.428. The molecule has 14 heteroatoms. The van der Waals surface area contributed by atoms with Gasteiger partial charge in [0.1, 0.15) is 5.75 Å². The van der Waals surface area contributed by atoms with Crippen LogP contribution in [0.2, 0.25) is 0 Å². The number of phenols is 1. The van der Waals surface area contributed by atoms with E-state index in [1.165, 1.54) is 11.0 Å². The van der Waals surface area contributed by atoms with E-state index in [4.69, 9.17) is 4.52 Å². The average Bonchev–Trinajstić information content (AvgIpc) is 3.34. The topological polar surface area (TPSA) is 85.9 Å². The van der Waals surface area contributed by atoms with Gasteiger partial charge >= 0.3 is 12.4 Å². The van der Waals surface area contributed by atoms with Gasteiger partial charge in [0.2, 0.25) is 5.89 Å². The summed E-state index contributed by atoms with van der Waals surface area (Å²) in [6.07, 6.45) is -9.97. The van der Waals surface area contributed by atoms with Crippen LogP contribution in [0.25, 0.3) is 0 Å².